The monoisotopic (exact) mass is 312 g/mol. The number of aryl methyl sites for hydroxylation is 1. The van der Waals surface area contributed by atoms with Gasteiger partial charge in [0.1, 0.15) is 18.1 Å². The molecular formula is C19H20O4. The molecule has 0 aromatic heterocycles. The van der Waals surface area contributed by atoms with Gasteiger partial charge in [0, 0.05) is 12.1 Å². The molecule has 0 amide bonds. The Morgan fingerprint density at radius 2 is 1.61 bits per heavy atom. The lowest BCUT2D eigenvalue weighted by Crippen LogP contribution is -2.00. The van der Waals surface area contributed by atoms with Crippen LogP contribution < -0.4 is 9.47 Å². The van der Waals surface area contributed by atoms with Crippen LogP contribution in [0.25, 0.3) is 6.08 Å². The van der Waals surface area contributed by atoms with E-state index in [4.69, 9.17) is 14.2 Å². The van der Waals surface area contributed by atoms with E-state index in [0.29, 0.717) is 11.5 Å². The second kappa shape index (κ2) is 8.03. The van der Waals surface area contributed by atoms with E-state index < -0.39 is 5.97 Å². The summed E-state index contributed by atoms with van der Waals surface area (Å²) in [7, 11) is 3.16. The first-order chi connectivity index (χ1) is 11.1. The van der Waals surface area contributed by atoms with E-state index in [-0.39, 0.29) is 6.61 Å². The number of ether oxygens (including phenoxy) is 3. The van der Waals surface area contributed by atoms with Crippen molar-refractivity contribution >= 4 is 12.0 Å². The van der Waals surface area contributed by atoms with Crippen LogP contribution in [0.3, 0.4) is 0 Å². The lowest BCUT2D eigenvalue weighted by Gasteiger charge is -2.06. The van der Waals surface area contributed by atoms with Crippen molar-refractivity contribution in [1.29, 1.82) is 0 Å². The number of carbonyl (C=O) groups excluding carboxylic acids is 1. The molecule has 0 heterocycles. The van der Waals surface area contributed by atoms with Gasteiger partial charge in [-0.15, -0.1) is 0 Å². The number of benzene rings is 2. The summed E-state index contributed by atoms with van der Waals surface area (Å²) in [6.45, 7) is 2.27. The zero-order valence-electron chi connectivity index (χ0n) is 13.5. The van der Waals surface area contributed by atoms with Crippen molar-refractivity contribution < 1.29 is 19.0 Å². The predicted octanol–water partition coefficient (Wildman–Crippen LogP) is 3.77. The average molecular weight is 312 g/mol. The minimum Gasteiger partial charge on any atom is -0.497 e. The molecule has 0 fully saturated rings. The van der Waals surface area contributed by atoms with E-state index in [2.05, 4.69) is 0 Å². The fourth-order valence-electron chi connectivity index (χ4n) is 1.98. The van der Waals surface area contributed by atoms with Gasteiger partial charge in [0.05, 0.1) is 14.2 Å². The summed E-state index contributed by atoms with van der Waals surface area (Å²) in [4.78, 5) is 11.8. The summed E-state index contributed by atoms with van der Waals surface area (Å²) in [5, 5.41) is 0. The van der Waals surface area contributed by atoms with Crippen LogP contribution in [-0.4, -0.2) is 20.2 Å². The Hall–Kier alpha value is -2.75. The maximum atomic E-state index is 11.8. The average Bonchev–Trinajstić information content (AvgIpc) is 2.59. The fourth-order valence-corrected chi connectivity index (χ4v) is 1.98. The lowest BCUT2D eigenvalue weighted by molar-refractivity contribution is -0.138. The van der Waals surface area contributed by atoms with Crippen LogP contribution in [0.1, 0.15) is 16.7 Å². The van der Waals surface area contributed by atoms with Gasteiger partial charge in [-0.25, -0.2) is 4.79 Å². The second-order valence-corrected chi connectivity index (χ2v) is 5.07. The Morgan fingerprint density at radius 1 is 1.00 bits per heavy atom. The minimum atomic E-state index is -0.396. The van der Waals surface area contributed by atoms with E-state index in [1.807, 2.05) is 43.3 Å². The molecule has 0 atom stereocenters. The molecule has 0 aliphatic carbocycles. The molecule has 0 saturated carbocycles. The van der Waals surface area contributed by atoms with Crippen LogP contribution in [-0.2, 0) is 16.1 Å². The molecule has 0 aliphatic rings. The number of methoxy groups -OCH3 is 2. The van der Waals surface area contributed by atoms with Crippen molar-refractivity contribution in [2.75, 3.05) is 14.2 Å². The minimum absolute atomic E-state index is 0.255. The zero-order chi connectivity index (χ0) is 16.7. The third-order valence-electron chi connectivity index (χ3n) is 3.29. The Labute approximate surface area is 136 Å². The molecule has 0 aliphatic heterocycles. The predicted molar refractivity (Wildman–Crippen MR) is 89.6 cm³/mol. The van der Waals surface area contributed by atoms with Crippen LogP contribution in [0, 0.1) is 6.92 Å². The van der Waals surface area contributed by atoms with Crippen LogP contribution >= 0.6 is 0 Å². The van der Waals surface area contributed by atoms with Gasteiger partial charge >= 0.3 is 5.97 Å². The van der Waals surface area contributed by atoms with Crippen LogP contribution in [0.5, 0.6) is 11.5 Å². The molecule has 2 rings (SSSR count). The SMILES string of the molecule is COc1cc(/C=C/C(=O)OCc2ccc(C)cc2)cc(OC)c1. The smallest absolute Gasteiger partial charge is 0.331 e. The van der Waals surface area contributed by atoms with Crippen molar-refractivity contribution in [2.45, 2.75) is 13.5 Å². The molecule has 23 heavy (non-hydrogen) atoms. The van der Waals surface area contributed by atoms with Gasteiger partial charge < -0.3 is 14.2 Å². The summed E-state index contributed by atoms with van der Waals surface area (Å²) in [5.41, 5.74) is 2.93. The molecular weight excluding hydrogens is 292 g/mol. The van der Waals surface area contributed by atoms with Gasteiger partial charge in [0.2, 0.25) is 0 Å². The van der Waals surface area contributed by atoms with Gasteiger partial charge in [0.15, 0.2) is 0 Å². The first kappa shape index (κ1) is 16.6. The zero-order valence-corrected chi connectivity index (χ0v) is 13.5. The third kappa shape index (κ3) is 5.18. The van der Waals surface area contributed by atoms with Crippen LogP contribution in [0.4, 0.5) is 0 Å². The number of carbonyl (C=O) groups is 1. The highest BCUT2D eigenvalue weighted by atomic mass is 16.5. The maximum absolute atomic E-state index is 11.8. The topological polar surface area (TPSA) is 44.8 Å². The fraction of sp³-hybridized carbons (Fsp3) is 0.211. The number of esters is 1. The number of rotatable bonds is 6. The summed E-state index contributed by atoms with van der Waals surface area (Å²) < 4.78 is 15.6. The Balaban J connectivity index is 1.96. The molecule has 2 aromatic rings. The standard InChI is InChI=1S/C19H20O4/c1-14-4-6-15(7-5-14)13-23-19(20)9-8-16-10-17(21-2)12-18(11-16)22-3/h4-12H,13H2,1-3H3/b9-8+. The molecule has 0 spiro atoms. The normalized spacial score (nSPS) is 10.6. The summed E-state index contributed by atoms with van der Waals surface area (Å²) in [6, 6.07) is 13.3. The van der Waals surface area contributed by atoms with E-state index in [0.717, 1.165) is 11.1 Å². The molecule has 0 N–H and O–H groups in total. The van der Waals surface area contributed by atoms with Crippen LogP contribution in [0.2, 0.25) is 0 Å². The highest BCUT2D eigenvalue weighted by molar-refractivity contribution is 5.87. The molecule has 0 bridgehead atoms. The Bertz CT molecular complexity index is 665. The number of hydrogen-bond donors (Lipinski definition) is 0. The third-order valence-corrected chi connectivity index (χ3v) is 3.29. The van der Waals surface area contributed by atoms with Crippen molar-refractivity contribution in [3.63, 3.8) is 0 Å². The van der Waals surface area contributed by atoms with Gasteiger partial charge in [0.25, 0.3) is 0 Å². The van der Waals surface area contributed by atoms with E-state index in [9.17, 15) is 4.79 Å². The summed E-state index contributed by atoms with van der Waals surface area (Å²) >= 11 is 0. The highest BCUT2D eigenvalue weighted by Gasteiger charge is 2.02. The highest BCUT2D eigenvalue weighted by Crippen LogP contribution is 2.23. The number of hydrogen-bond acceptors (Lipinski definition) is 4. The molecule has 0 radical (unpaired) electrons. The molecule has 4 nitrogen and oxygen atoms in total. The largest absolute Gasteiger partial charge is 0.497 e. The van der Waals surface area contributed by atoms with Crippen molar-refractivity contribution in [3.8, 4) is 11.5 Å². The Kier molecular flexibility index (Phi) is 5.80. The second-order valence-electron chi connectivity index (χ2n) is 5.07. The molecule has 0 saturated heterocycles. The summed E-state index contributed by atoms with van der Waals surface area (Å²) in [5.74, 6) is 0.932. The maximum Gasteiger partial charge on any atom is 0.331 e. The molecule has 4 heteroatoms. The van der Waals surface area contributed by atoms with Gasteiger partial charge in [-0.05, 0) is 36.3 Å². The lowest BCUT2D eigenvalue weighted by atomic mass is 10.2. The van der Waals surface area contributed by atoms with Crippen molar-refractivity contribution in [1.82, 2.24) is 0 Å². The quantitative estimate of drug-likeness (QED) is 0.601. The van der Waals surface area contributed by atoms with Gasteiger partial charge in [-0.2, -0.15) is 0 Å². The first-order valence-corrected chi connectivity index (χ1v) is 7.24. The molecule has 2 aromatic carbocycles. The van der Waals surface area contributed by atoms with E-state index >= 15 is 0 Å². The van der Waals surface area contributed by atoms with E-state index in [1.165, 1.54) is 11.6 Å². The first-order valence-electron chi connectivity index (χ1n) is 7.24. The van der Waals surface area contributed by atoms with Gasteiger partial charge in [-0.3, -0.25) is 0 Å². The summed E-state index contributed by atoms with van der Waals surface area (Å²) in [6.07, 6.45) is 3.06. The van der Waals surface area contributed by atoms with E-state index in [1.54, 1.807) is 26.4 Å². The van der Waals surface area contributed by atoms with Crippen molar-refractivity contribution in [3.05, 3.63) is 65.2 Å². The van der Waals surface area contributed by atoms with Crippen molar-refractivity contribution in [2.24, 2.45) is 0 Å². The Morgan fingerprint density at radius 3 is 2.17 bits per heavy atom. The molecule has 120 valence electrons. The van der Waals surface area contributed by atoms with Gasteiger partial charge in [-0.1, -0.05) is 29.8 Å². The van der Waals surface area contributed by atoms with Crippen LogP contribution in [0.15, 0.2) is 48.5 Å². The molecule has 0 unspecified atom stereocenters.